The Labute approximate surface area is 110 Å². The molecule has 7 nitrogen and oxygen atoms in total. The number of aromatic hydroxyl groups is 1. The zero-order valence-corrected chi connectivity index (χ0v) is 10.7. The number of carbonyl (C=O) groups excluding carboxylic acids is 1. The van der Waals surface area contributed by atoms with Crippen molar-refractivity contribution < 1.29 is 14.8 Å². The Morgan fingerprint density at radius 3 is 2.84 bits per heavy atom. The van der Waals surface area contributed by atoms with Crippen LogP contribution < -0.4 is 5.43 Å². The number of phenols is 1. The highest BCUT2D eigenvalue weighted by atomic mass is 16.6. The van der Waals surface area contributed by atoms with Gasteiger partial charge in [0.15, 0.2) is 0 Å². The predicted molar refractivity (Wildman–Crippen MR) is 70.0 cm³/mol. The number of nitrogens with one attached hydrogen (secondary N) is 1. The third kappa shape index (κ3) is 4.74. The molecule has 0 aliphatic heterocycles. The minimum absolute atomic E-state index is 0.146. The van der Waals surface area contributed by atoms with Crippen molar-refractivity contribution >= 4 is 17.8 Å². The molecule has 0 aliphatic carbocycles. The van der Waals surface area contributed by atoms with Crippen molar-refractivity contribution in [3.05, 3.63) is 33.9 Å². The Morgan fingerprint density at radius 1 is 1.58 bits per heavy atom. The topological polar surface area (TPSA) is 105 Å². The first-order valence-electron chi connectivity index (χ1n) is 5.69. The van der Waals surface area contributed by atoms with Crippen molar-refractivity contribution in [2.45, 2.75) is 20.3 Å². The van der Waals surface area contributed by atoms with Crippen LogP contribution in [0.15, 0.2) is 23.3 Å². The Kier molecular flexibility index (Phi) is 4.99. The Balaban J connectivity index is 2.73. The fraction of sp³-hybridized carbons (Fsp3) is 0.333. The number of amides is 1. The van der Waals surface area contributed by atoms with E-state index >= 15 is 0 Å². The van der Waals surface area contributed by atoms with Gasteiger partial charge in [-0.05, 0) is 12.0 Å². The minimum atomic E-state index is -0.575. The standard InChI is InChI=1S/C12H15N3O4/c1-8(2)5-12(17)14-13-7-9-6-10(15(18)19)3-4-11(9)16/h3-4,6-8,16H,5H2,1-2H3,(H,14,17)/b13-7+. The highest BCUT2D eigenvalue weighted by Gasteiger charge is 2.09. The summed E-state index contributed by atoms with van der Waals surface area (Å²) in [6, 6.07) is 3.56. The molecular weight excluding hydrogens is 250 g/mol. The molecule has 1 amide bonds. The highest BCUT2D eigenvalue weighted by Crippen LogP contribution is 2.21. The van der Waals surface area contributed by atoms with E-state index in [0.717, 1.165) is 0 Å². The average molecular weight is 265 g/mol. The van der Waals surface area contributed by atoms with Crippen molar-refractivity contribution in [2.24, 2.45) is 11.0 Å². The van der Waals surface area contributed by atoms with Gasteiger partial charge in [0, 0.05) is 24.1 Å². The molecule has 0 atom stereocenters. The number of hydrogen-bond acceptors (Lipinski definition) is 5. The van der Waals surface area contributed by atoms with Gasteiger partial charge in [-0.25, -0.2) is 5.43 Å². The van der Waals surface area contributed by atoms with Crippen LogP contribution in [0.5, 0.6) is 5.75 Å². The lowest BCUT2D eigenvalue weighted by molar-refractivity contribution is -0.384. The van der Waals surface area contributed by atoms with Gasteiger partial charge < -0.3 is 5.11 Å². The van der Waals surface area contributed by atoms with Crippen molar-refractivity contribution in [3.63, 3.8) is 0 Å². The number of hydrazone groups is 1. The van der Waals surface area contributed by atoms with Gasteiger partial charge in [-0.1, -0.05) is 13.8 Å². The number of nitro groups is 1. The molecule has 102 valence electrons. The van der Waals surface area contributed by atoms with E-state index in [1.807, 2.05) is 13.8 Å². The summed E-state index contributed by atoms with van der Waals surface area (Å²) in [7, 11) is 0. The molecule has 0 bridgehead atoms. The molecule has 1 rings (SSSR count). The van der Waals surface area contributed by atoms with E-state index in [1.54, 1.807) is 0 Å². The van der Waals surface area contributed by atoms with Gasteiger partial charge in [-0.15, -0.1) is 0 Å². The van der Waals surface area contributed by atoms with Crippen LogP contribution in [0.3, 0.4) is 0 Å². The molecule has 19 heavy (non-hydrogen) atoms. The largest absolute Gasteiger partial charge is 0.507 e. The monoisotopic (exact) mass is 265 g/mol. The lowest BCUT2D eigenvalue weighted by Crippen LogP contribution is -2.19. The van der Waals surface area contributed by atoms with Gasteiger partial charge in [0.1, 0.15) is 5.75 Å². The molecule has 1 aromatic carbocycles. The maximum atomic E-state index is 11.3. The smallest absolute Gasteiger partial charge is 0.270 e. The second-order valence-electron chi connectivity index (χ2n) is 4.39. The zero-order valence-electron chi connectivity index (χ0n) is 10.7. The molecule has 0 unspecified atom stereocenters. The van der Waals surface area contributed by atoms with Gasteiger partial charge in [0.05, 0.1) is 11.1 Å². The number of phenolic OH excluding ortho intramolecular Hbond substituents is 1. The molecule has 0 aromatic heterocycles. The SMILES string of the molecule is CC(C)CC(=O)N/N=C/c1cc([N+](=O)[O-])ccc1O. The summed E-state index contributed by atoms with van der Waals surface area (Å²) in [4.78, 5) is 21.3. The molecule has 1 aromatic rings. The zero-order chi connectivity index (χ0) is 14.4. The van der Waals surface area contributed by atoms with E-state index in [2.05, 4.69) is 10.5 Å². The number of hydrogen-bond donors (Lipinski definition) is 2. The summed E-state index contributed by atoms with van der Waals surface area (Å²) in [6.45, 7) is 3.80. The average Bonchev–Trinajstić information content (AvgIpc) is 2.30. The molecule has 0 radical (unpaired) electrons. The molecular formula is C12H15N3O4. The maximum Gasteiger partial charge on any atom is 0.270 e. The quantitative estimate of drug-likeness (QED) is 0.481. The number of benzene rings is 1. The molecule has 2 N–H and O–H groups in total. The van der Waals surface area contributed by atoms with Crippen LogP contribution in [0.4, 0.5) is 5.69 Å². The van der Waals surface area contributed by atoms with Crippen LogP contribution in [0.1, 0.15) is 25.8 Å². The van der Waals surface area contributed by atoms with Crippen LogP contribution in [0.2, 0.25) is 0 Å². The number of nitrogens with zero attached hydrogens (tertiary/aromatic N) is 2. The summed E-state index contributed by atoms with van der Waals surface area (Å²) in [6.07, 6.45) is 1.50. The second-order valence-corrected chi connectivity index (χ2v) is 4.39. The number of rotatable bonds is 5. The molecule has 0 fully saturated rings. The maximum absolute atomic E-state index is 11.3. The summed E-state index contributed by atoms with van der Waals surface area (Å²) in [5.41, 5.74) is 2.29. The van der Waals surface area contributed by atoms with Gasteiger partial charge >= 0.3 is 0 Å². The first-order chi connectivity index (χ1) is 8.90. The van der Waals surface area contributed by atoms with Crippen LogP contribution >= 0.6 is 0 Å². The first kappa shape index (κ1) is 14.6. The van der Waals surface area contributed by atoms with Crippen LogP contribution in [-0.4, -0.2) is 22.2 Å². The van der Waals surface area contributed by atoms with E-state index in [1.165, 1.54) is 24.4 Å². The Bertz CT molecular complexity index is 512. The number of nitro benzene ring substituents is 1. The van der Waals surface area contributed by atoms with Crippen molar-refractivity contribution in [3.8, 4) is 5.75 Å². The number of non-ortho nitro benzene ring substituents is 1. The van der Waals surface area contributed by atoms with E-state index < -0.39 is 4.92 Å². The molecule has 0 saturated carbocycles. The lowest BCUT2D eigenvalue weighted by Gasteiger charge is -2.02. The number of carbonyl (C=O) groups is 1. The fourth-order valence-electron chi connectivity index (χ4n) is 1.35. The molecule has 0 heterocycles. The van der Waals surface area contributed by atoms with Crippen molar-refractivity contribution in [1.82, 2.24) is 5.43 Å². The van der Waals surface area contributed by atoms with Crippen LogP contribution in [0, 0.1) is 16.0 Å². The third-order valence-corrected chi connectivity index (χ3v) is 2.21. The molecule has 0 saturated heterocycles. The molecule has 0 aliphatic rings. The third-order valence-electron chi connectivity index (χ3n) is 2.21. The fourth-order valence-corrected chi connectivity index (χ4v) is 1.35. The van der Waals surface area contributed by atoms with Gasteiger partial charge in [0.25, 0.3) is 5.69 Å². The summed E-state index contributed by atoms with van der Waals surface area (Å²) < 4.78 is 0. The van der Waals surface area contributed by atoms with E-state index in [9.17, 15) is 20.0 Å². The Hall–Kier alpha value is -2.44. The summed E-state index contributed by atoms with van der Waals surface area (Å²) in [5.74, 6) is -0.190. The van der Waals surface area contributed by atoms with Crippen molar-refractivity contribution in [1.29, 1.82) is 0 Å². The van der Waals surface area contributed by atoms with E-state index in [0.29, 0.717) is 6.42 Å². The highest BCUT2D eigenvalue weighted by molar-refractivity contribution is 5.86. The van der Waals surface area contributed by atoms with Gasteiger partial charge in [0.2, 0.25) is 5.91 Å². The Morgan fingerprint density at radius 2 is 2.26 bits per heavy atom. The van der Waals surface area contributed by atoms with E-state index in [4.69, 9.17) is 0 Å². The van der Waals surface area contributed by atoms with E-state index in [-0.39, 0.29) is 28.8 Å². The summed E-state index contributed by atoms with van der Waals surface area (Å²) >= 11 is 0. The predicted octanol–water partition coefficient (Wildman–Crippen LogP) is 1.80. The summed E-state index contributed by atoms with van der Waals surface area (Å²) in [5, 5.41) is 23.7. The lowest BCUT2D eigenvalue weighted by atomic mass is 10.1. The molecule has 7 heteroatoms. The first-order valence-corrected chi connectivity index (χ1v) is 5.69. The van der Waals surface area contributed by atoms with Crippen LogP contribution in [-0.2, 0) is 4.79 Å². The second kappa shape index (κ2) is 6.48. The van der Waals surface area contributed by atoms with Gasteiger partial charge in [-0.3, -0.25) is 14.9 Å². The molecule has 0 spiro atoms. The van der Waals surface area contributed by atoms with Crippen LogP contribution in [0.25, 0.3) is 0 Å². The van der Waals surface area contributed by atoms with Gasteiger partial charge in [-0.2, -0.15) is 5.10 Å². The minimum Gasteiger partial charge on any atom is -0.507 e. The van der Waals surface area contributed by atoms with Crippen molar-refractivity contribution in [2.75, 3.05) is 0 Å². The normalized spacial score (nSPS) is 10.9.